The standard InChI is InChI=1S/C20H17F3IN3O2/c1-10-19(18-13(21)7-12(8-14(18)24)29-5-4-17(22)23)27(20(10)28)11-2-3-15-16(6-11)26-9-25-15/h2-3,6-10,17,19H,4-5H2,1H3,(H,25,26). The number of aromatic nitrogens is 2. The highest BCUT2D eigenvalue weighted by Crippen LogP contribution is 2.46. The Morgan fingerprint density at radius 2 is 2.10 bits per heavy atom. The van der Waals surface area contributed by atoms with Gasteiger partial charge in [-0.3, -0.25) is 4.79 Å². The minimum atomic E-state index is -2.47. The topological polar surface area (TPSA) is 58.2 Å². The van der Waals surface area contributed by atoms with Gasteiger partial charge in [0.25, 0.3) is 0 Å². The van der Waals surface area contributed by atoms with E-state index in [1.54, 1.807) is 36.4 Å². The number of nitrogens with one attached hydrogen (secondary N) is 1. The van der Waals surface area contributed by atoms with Gasteiger partial charge in [-0.1, -0.05) is 6.92 Å². The van der Waals surface area contributed by atoms with Crippen LogP contribution in [0.25, 0.3) is 11.0 Å². The molecule has 5 nitrogen and oxygen atoms in total. The van der Waals surface area contributed by atoms with Crippen LogP contribution in [0.4, 0.5) is 18.9 Å². The Morgan fingerprint density at radius 1 is 1.31 bits per heavy atom. The molecule has 1 N–H and O–H groups in total. The fourth-order valence-electron chi connectivity index (χ4n) is 3.56. The predicted octanol–water partition coefficient (Wildman–Crippen LogP) is 5.06. The summed E-state index contributed by atoms with van der Waals surface area (Å²) in [6.07, 6.45) is -1.32. The van der Waals surface area contributed by atoms with E-state index in [-0.39, 0.29) is 18.3 Å². The van der Waals surface area contributed by atoms with Gasteiger partial charge in [0, 0.05) is 27.3 Å². The van der Waals surface area contributed by atoms with Crippen molar-refractivity contribution in [2.24, 2.45) is 5.92 Å². The van der Waals surface area contributed by atoms with Crippen molar-refractivity contribution in [2.45, 2.75) is 25.8 Å². The van der Waals surface area contributed by atoms with Crippen molar-refractivity contribution < 1.29 is 22.7 Å². The number of amides is 1. The molecule has 2 unspecified atom stereocenters. The van der Waals surface area contributed by atoms with E-state index < -0.39 is 30.6 Å². The second-order valence-electron chi connectivity index (χ2n) is 6.87. The third-order valence-corrected chi connectivity index (χ3v) is 5.91. The lowest BCUT2D eigenvalue weighted by Crippen LogP contribution is -2.54. The molecule has 4 rings (SSSR count). The first-order valence-electron chi connectivity index (χ1n) is 9.03. The molecule has 1 amide bonds. The van der Waals surface area contributed by atoms with Crippen LogP contribution in [-0.2, 0) is 4.79 Å². The van der Waals surface area contributed by atoms with Gasteiger partial charge in [0.2, 0.25) is 12.3 Å². The number of ether oxygens (including phenoxy) is 1. The van der Waals surface area contributed by atoms with Crippen molar-refractivity contribution in [1.82, 2.24) is 9.97 Å². The maximum absolute atomic E-state index is 15.0. The Kier molecular flexibility index (Phi) is 5.41. The first kappa shape index (κ1) is 20.0. The summed E-state index contributed by atoms with van der Waals surface area (Å²) in [7, 11) is 0. The number of fused-ring (bicyclic) bond motifs is 1. The van der Waals surface area contributed by atoms with E-state index >= 15 is 0 Å². The third-order valence-electron chi connectivity index (χ3n) is 5.02. The summed E-state index contributed by atoms with van der Waals surface area (Å²) in [5.74, 6) is -0.825. The van der Waals surface area contributed by atoms with Crippen molar-refractivity contribution in [1.29, 1.82) is 0 Å². The second-order valence-corrected chi connectivity index (χ2v) is 8.04. The van der Waals surface area contributed by atoms with E-state index in [1.165, 1.54) is 6.07 Å². The highest BCUT2D eigenvalue weighted by Gasteiger charge is 2.48. The number of alkyl halides is 2. The van der Waals surface area contributed by atoms with Gasteiger partial charge in [-0.15, -0.1) is 0 Å². The van der Waals surface area contributed by atoms with Gasteiger partial charge in [0.15, 0.2) is 0 Å². The minimum Gasteiger partial charge on any atom is -0.493 e. The molecule has 0 radical (unpaired) electrons. The molecule has 2 heterocycles. The van der Waals surface area contributed by atoms with Gasteiger partial charge in [-0.2, -0.15) is 0 Å². The Morgan fingerprint density at radius 3 is 2.83 bits per heavy atom. The number of hydrogen-bond donors (Lipinski definition) is 1. The zero-order chi connectivity index (χ0) is 20.7. The number of anilines is 1. The van der Waals surface area contributed by atoms with E-state index in [4.69, 9.17) is 4.74 Å². The summed E-state index contributed by atoms with van der Waals surface area (Å²) in [5.41, 5.74) is 2.59. The summed E-state index contributed by atoms with van der Waals surface area (Å²) in [6, 6.07) is 7.73. The summed E-state index contributed by atoms with van der Waals surface area (Å²) in [4.78, 5) is 21.4. The molecule has 0 saturated carbocycles. The maximum Gasteiger partial charge on any atom is 0.241 e. The smallest absolute Gasteiger partial charge is 0.241 e. The molecule has 0 aliphatic carbocycles. The molecule has 29 heavy (non-hydrogen) atoms. The highest BCUT2D eigenvalue weighted by atomic mass is 127. The summed E-state index contributed by atoms with van der Waals surface area (Å²) < 4.78 is 45.4. The number of β-lactam (4-membered cyclic amide) rings is 1. The highest BCUT2D eigenvalue weighted by molar-refractivity contribution is 14.1. The Bertz CT molecular complexity index is 1050. The molecule has 0 bridgehead atoms. The zero-order valence-corrected chi connectivity index (χ0v) is 17.5. The number of aromatic amines is 1. The largest absolute Gasteiger partial charge is 0.493 e. The lowest BCUT2D eigenvalue weighted by atomic mass is 9.83. The van der Waals surface area contributed by atoms with Gasteiger partial charge in [-0.05, 0) is 46.9 Å². The van der Waals surface area contributed by atoms with Crippen LogP contribution in [0.2, 0.25) is 0 Å². The SMILES string of the molecule is CC1C(=O)N(c2ccc3[nH]cnc3c2)C1c1c(F)cc(OCCC(F)F)cc1I. The molecular formula is C20H17F3IN3O2. The van der Waals surface area contributed by atoms with E-state index in [1.807, 2.05) is 28.7 Å². The number of carbonyl (C=O) groups is 1. The van der Waals surface area contributed by atoms with Crippen LogP contribution in [0, 0.1) is 15.3 Å². The van der Waals surface area contributed by atoms with E-state index in [0.717, 1.165) is 5.52 Å². The third kappa shape index (κ3) is 3.67. The number of H-pyrrole nitrogens is 1. The number of halogens is 4. The van der Waals surface area contributed by atoms with Crippen molar-refractivity contribution in [3.8, 4) is 5.75 Å². The summed E-state index contributed by atoms with van der Waals surface area (Å²) >= 11 is 1.99. The van der Waals surface area contributed by atoms with Crippen molar-refractivity contribution >= 4 is 45.2 Å². The summed E-state index contributed by atoms with van der Waals surface area (Å²) in [5, 5.41) is 0. The van der Waals surface area contributed by atoms with Crippen LogP contribution >= 0.6 is 22.6 Å². The molecule has 9 heteroatoms. The first-order valence-corrected chi connectivity index (χ1v) is 10.1. The normalized spacial score (nSPS) is 19.1. The monoisotopic (exact) mass is 515 g/mol. The number of imidazole rings is 1. The van der Waals surface area contributed by atoms with Crippen LogP contribution in [0.3, 0.4) is 0 Å². The molecule has 1 fully saturated rings. The van der Waals surface area contributed by atoms with Crippen molar-refractivity contribution in [3.63, 3.8) is 0 Å². The zero-order valence-electron chi connectivity index (χ0n) is 15.3. The van der Waals surface area contributed by atoms with Crippen LogP contribution in [-0.4, -0.2) is 28.9 Å². The molecule has 1 aliphatic heterocycles. The number of rotatable bonds is 6. The van der Waals surface area contributed by atoms with E-state index in [2.05, 4.69) is 9.97 Å². The average Bonchev–Trinajstić information content (AvgIpc) is 3.14. The molecule has 1 aliphatic rings. The van der Waals surface area contributed by atoms with E-state index in [9.17, 15) is 18.0 Å². The molecule has 2 atom stereocenters. The Hall–Kier alpha value is -2.30. The fourth-order valence-corrected chi connectivity index (χ4v) is 4.45. The van der Waals surface area contributed by atoms with E-state index in [0.29, 0.717) is 20.3 Å². The molecule has 1 aromatic heterocycles. The van der Waals surface area contributed by atoms with Crippen molar-refractivity contribution in [3.05, 3.63) is 51.6 Å². The average molecular weight is 515 g/mol. The molecule has 1 saturated heterocycles. The van der Waals surface area contributed by atoms with Gasteiger partial charge < -0.3 is 14.6 Å². The summed E-state index contributed by atoms with van der Waals surface area (Å²) in [6.45, 7) is 1.57. The first-order chi connectivity index (χ1) is 13.9. The molecule has 2 aromatic carbocycles. The van der Waals surface area contributed by atoms with Gasteiger partial charge in [-0.25, -0.2) is 18.2 Å². The lowest BCUT2D eigenvalue weighted by molar-refractivity contribution is -0.129. The molecular weight excluding hydrogens is 498 g/mol. The quantitative estimate of drug-likeness (QED) is 0.369. The van der Waals surface area contributed by atoms with Crippen LogP contribution in [0.1, 0.15) is 24.9 Å². The molecule has 3 aromatic rings. The lowest BCUT2D eigenvalue weighted by Gasteiger charge is -2.46. The van der Waals surface area contributed by atoms with Gasteiger partial charge >= 0.3 is 0 Å². The number of carbonyl (C=O) groups excluding carboxylic acids is 1. The Labute approximate surface area is 178 Å². The van der Waals surface area contributed by atoms with Gasteiger partial charge in [0.1, 0.15) is 11.6 Å². The second kappa shape index (κ2) is 7.85. The fraction of sp³-hybridized carbons (Fsp3) is 0.300. The number of nitrogens with zero attached hydrogens (tertiary/aromatic N) is 2. The molecule has 152 valence electrons. The van der Waals surface area contributed by atoms with Crippen molar-refractivity contribution in [2.75, 3.05) is 11.5 Å². The van der Waals surface area contributed by atoms with Crippen LogP contribution in [0.5, 0.6) is 5.75 Å². The molecule has 0 spiro atoms. The predicted molar refractivity (Wildman–Crippen MR) is 111 cm³/mol. The van der Waals surface area contributed by atoms with Crippen LogP contribution < -0.4 is 9.64 Å². The van der Waals surface area contributed by atoms with Gasteiger partial charge in [0.05, 0.1) is 35.9 Å². The van der Waals surface area contributed by atoms with Crippen LogP contribution in [0.15, 0.2) is 36.7 Å². The minimum absolute atomic E-state index is 0.0997. The Balaban J connectivity index is 1.64. The maximum atomic E-state index is 15.0. The number of hydrogen-bond acceptors (Lipinski definition) is 3. The number of benzene rings is 2.